The van der Waals surface area contributed by atoms with Crippen LogP contribution in [0.2, 0.25) is 0 Å². The van der Waals surface area contributed by atoms with E-state index in [0.717, 1.165) is 38.2 Å². The van der Waals surface area contributed by atoms with E-state index in [9.17, 15) is 13.2 Å². The second-order valence-corrected chi connectivity index (χ2v) is 10.9. The summed E-state index contributed by atoms with van der Waals surface area (Å²) >= 11 is 5.98. The third kappa shape index (κ3) is 3.85. The molecule has 32 heavy (non-hydrogen) atoms. The zero-order valence-electron chi connectivity index (χ0n) is 17.9. The van der Waals surface area contributed by atoms with Gasteiger partial charge in [-0.3, -0.25) is 9.48 Å². The van der Waals surface area contributed by atoms with Crippen molar-refractivity contribution < 1.29 is 17.9 Å². The van der Waals surface area contributed by atoms with Gasteiger partial charge in [0.2, 0.25) is 0 Å². The standard InChI is InChI=1S/C22H27ClN4O4S/c23-7-9-25-8-3-4-16(14-25)27-21-17-5-1-2-6-19(17)32(29,30)15-18(21)20(24-27)22(28)26-10-12-31-13-11-26/h1-2,5-6,16H,3-4,7-15H2. The predicted octanol–water partition coefficient (Wildman–Crippen LogP) is 2.19. The van der Waals surface area contributed by atoms with E-state index >= 15 is 0 Å². The summed E-state index contributed by atoms with van der Waals surface area (Å²) in [6.45, 7) is 4.48. The summed E-state index contributed by atoms with van der Waals surface area (Å²) < 4.78 is 33.5. The van der Waals surface area contributed by atoms with Crippen LogP contribution in [0, 0.1) is 0 Å². The van der Waals surface area contributed by atoms with Crippen LogP contribution in [0.4, 0.5) is 0 Å². The fraction of sp³-hybridized carbons (Fsp3) is 0.545. The lowest BCUT2D eigenvalue weighted by atomic mass is 10.0. The number of hydrogen-bond acceptors (Lipinski definition) is 6. The Kier molecular flexibility index (Phi) is 6.00. The maximum atomic E-state index is 13.4. The number of benzene rings is 1. The Morgan fingerprint density at radius 2 is 1.97 bits per heavy atom. The molecule has 0 aliphatic carbocycles. The van der Waals surface area contributed by atoms with Crippen LogP contribution in [0.15, 0.2) is 29.2 Å². The van der Waals surface area contributed by atoms with Crippen molar-refractivity contribution in [2.24, 2.45) is 0 Å². The fourth-order valence-electron chi connectivity index (χ4n) is 5.00. The molecule has 172 valence electrons. The third-order valence-electron chi connectivity index (χ3n) is 6.55. The highest BCUT2D eigenvalue weighted by molar-refractivity contribution is 7.90. The molecule has 1 atom stereocenters. The molecule has 0 bridgehead atoms. The Morgan fingerprint density at radius 3 is 2.75 bits per heavy atom. The summed E-state index contributed by atoms with van der Waals surface area (Å²) in [7, 11) is -3.56. The van der Waals surface area contributed by atoms with Gasteiger partial charge in [-0.25, -0.2) is 8.42 Å². The van der Waals surface area contributed by atoms with E-state index in [1.54, 1.807) is 17.0 Å². The normalized spacial score (nSPS) is 22.9. The number of alkyl halides is 1. The van der Waals surface area contributed by atoms with Gasteiger partial charge in [0, 0.05) is 43.2 Å². The molecule has 2 saturated heterocycles. The van der Waals surface area contributed by atoms with Crippen LogP contribution in [0.3, 0.4) is 0 Å². The minimum absolute atomic E-state index is 0.0563. The second-order valence-electron chi connectivity index (χ2n) is 8.57. The number of carbonyl (C=O) groups is 1. The molecule has 1 unspecified atom stereocenters. The molecule has 1 aromatic heterocycles. The molecular weight excluding hydrogens is 452 g/mol. The smallest absolute Gasteiger partial charge is 0.274 e. The number of morpholine rings is 1. The lowest BCUT2D eigenvalue weighted by molar-refractivity contribution is 0.0297. The molecule has 10 heteroatoms. The number of fused-ring (bicyclic) bond motifs is 3. The summed E-state index contributed by atoms with van der Waals surface area (Å²) in [6, 6.07) is 7.11. The van der Waals surface area contributed by atoms with Crippen LogP contribution in [0.5, 0.6) is 0 Å². The molecule has 1 amide bonds. The average molecular weight is 479 g/mol. The zero-order valence-corrected chi connectivity index (χ0v) is 19.4. The first kappa shape index (κ1) is 21.9. The Bertz CT molecular complexity index is 1120. The molecule has 5 rings (SSSR count). The van der Waals surface area contributed by atoms with Crippen molar-refractivity contribution in [3.8, 4) is 11.3 Å². The molecule has 3 aliphatic heterocycles. The zero-order chi connectivity index (χ0) is 22.3. The second kappa shape index (κ2) is 8.78. The first-order valence-corrected chi connectivity index (χ1v) is 13.3. The highest BCUT2D eigenvalue weighted by Gasteiger charge is 2.38. The van der Waals surface area contributed by atoms with Gasteiger partial charge in [-0.1, -0.05) is 18.2 Å². The number of rotatable bonds is 4. The van der Waals surface area contributed by atoms with E-state index in [-0.39, 0.29) is 23.4 Å². The summed E-state index contributed by atoms with van der Waals surface area (Å²) in [4.78, 5) is 17.8. The van der Waals surface area contributed by atoms with Crippen molar-refractivity contribution in [1.82, 2.24) is 19.6 Å². The number of amides is 1. The molecule has 0 radical (unpaired) electrons. The summed E-state index contributed by atoms with van der Waals surface area (Å²) in [5, 5.41) is 4.81. The van der Waals surface area contributed by atoms with Gasteiger partial charge < -0.3 is 14.5 Å². The molecule has 0 N–H and O–H groups in total. The van der Waals surface area contributed by atoms with Crippen LogP contribution in [-0.2, 0) is 20.3 Å². The summed E-state index contributed by atoms with van der Waals surface area (Å²) in [5.41, 5.74) is 2.19. The van der Waals surface area contributed by atoms with Crippen molar-refractivity contribution in [2.45, 2.75) is 29.5 Å². The lowest BCUT2D eigenvalue weighted by Crippen LogP contribution is -2.41. The number of ether oxygens (including phenoxy) is 1. The number of carbonyl (C=O) groups excluding carboxylic acids is 1. The Labute approximate surface area is 193 Å². The van der Waals surface area contributed by atoms with Crippen LogP contribution < -0.4 is 0 Å². The Morgan fingerprint density at radius 1 is 1.19 bits per heavy atom. The molecule has 0 spiro atoms. The third-order valence-corrected chi connectivity index (χ3v) is 8.41. The molecule has 1 aromatic carbocycles. The number of halogens is 1. The van der Waals surface area contributed by atoms with Crippen LogP contribution >= 0.6 is 11.6 Å². The summed E-state index contributed by atoms with van der Waals surface area (Å²) in [5.74, 6) is 0.139. The Balaban J connectivity index is 1.64. The van der Waals surface area contributed by atoms with E-state index in [4.69, 9.17) is 21.4 Å². The minimum atomic E-state index is -3.56. The van der Waals surface area contributed by atoms with Gasteiger partial charge >= 0.3 is 0 Å². The molecule has 2 aromatic rings. The van der Waals surface area contributed by atoms with Gasteiger partial charge in [-0.15, -0.1) is 11.6 Å². The van der Waals surface area contributed by atoms with Gasteiger partial charge in [0.05, 0.1) is 35.6 Å². The van der Waals surface area contributed by atoms with E-state index < -0.39 is 9.84 Å². The highest BCUT2D eigenvalue weighted by atomic mass is 35.5. The maximum Gasteiger partial charge on any atom is 0.274 e. The number of likely N-dealkylation sites (tertiary alicyclic amines) is 1. The number of hydrogen-bond donors (Lipinski definition) is 0. The topological polar surface area (TPSA) is 84.7 Å². The first-order chi connectivity index (χ1) is 15.5. The molecule has 2 fully saturated rings. The predicted molar refractivity (Wildman–Crippen MR) is 121 cm³/mol. The molecule has 4 heterocycles. The van der Waals surface area contributed by atoms with Gasteiger partial charge in [-0.05, 0) is 25.5 Å². The number of nitrogens with zero attached hydrogens (tertiary/aromatic N) is 4. The first-order valence-electron chi connectivity index (χ1n) is 11.1. The number of piperidine rings is 1. The van der Waals surface area contributed by atoms with Crippen LogP contribution in [-0.4, -0.2) is 85.7 Å². The average Bonchev–Trinajstić information content (AvgIpc) is 3.18. The quantitative estimate of drug-likeness (QED) is 0.626. The molecule has 3 aliphatic rings. The Hall–Kier alpha value is -1.94. The van der Waals surface area contributed by atoms with Gasteiger partial charge in [0.25, 0.3) is 5.91 Å². The van der Waals surface area contributed by atoms with Crippen LogP contribution in [0.1, 0.15) is 34.9 Å². The molecular formula is C22H27ClN4O4S. The summed E-state index contributed by atoms with van der Waals surface area (Å²) in [6.07, 6.45) is 1.93. The van der Waals surface area contributed by atoms with Crippen molar-refractivity contribution in [2.75, 3.05) is 51.8 Å². The minimum Gasteiger partial charge on any atom is -0.378 e. The SMILES string of the molecule is O=C(c1nn(C2CCCN(CCCl)C2)c2c1CS(=O)(=O)c1ccccc1-2)N1CCOCC1. The maximum absolute atomic E-state index is 13.4. The van der Waals surface area contributed by atoms with Gasteiger partial charge in [0.15, 0.2) is 15.5 Å². The molecule has 0 saturated carbocycles. The number of aromatic nitrogens is 2. The highest BCUT2D eigenvalue weighted by Crippen LogP contribution is 2.41. The van der Waals surface area contributed by atoms with Crippen LogP contribution in [0.25, 0.3) is 11.3 Å². The monoisotopic (exact) mass is 478 g/mol. The number of sulfone groups is 1. The van der Waals surface area contributed by atoms with Crippen molar-refractivity contribution >= 4 is 27.3 Å². The van der Waals surface area contributed by atoms with E-state index in [1.807, 2.05) is 16.8 Å². The van der Waals surface area contributed by atoms with Gasteiger partial charge in [0.1, 0.15) is 0 Å². The van der Waals surface area contributed by atoms with Crippen molar-refractivity contribution in [3.05, 3.63) is 35.5 Å². The van der Waals surface area contributed by atoms with E-state index in [0.29, 0.717) is 48.2 Å². The largest absolute Gasteiger partial charge is 0.378 e. The van der Waals surface area contributed by atoms with E-state index in [1.165, 1.54) is 0 Å². The lowest BCUT2D eigenvalue weighted by Gasteiger charge is -2.33. The van der Waals surface area contributed by atoms with Gasteiger partial charge in [-0.2, -0.15) is 5.10 Å². The van der Waals surface area contributed by atoms with Crippen molar-refractivity contribution in [1.29, 1.82) is 0 Å². The van der Waals surface area contributed by atoms with Crippen molar-refractivity contribution in [3.63, 3.8) is 0 Å². The van der Waals surface area contributed by atoms with E-state index in [2.05, 4.69) is 4.90 Å². The molecule has 8 nitrogen and oxygen atoms in total. The fourth-order valence-corrected chi connectivity index (χ4v) is 6.83.